The van der Waals surface area contributed by atoms with Gasteiger partial charge in [-0.15, -0.1) is 0 Å². The minimum Gasteiger partial charge on any atom is -0.453 e. The fraction of sp³-hybridized carbons (Fsp3) is 0.0182. The third-order valence-corrected chi connectivity index (χ3v) is 16.2. The van der Waals surface area contributed by atoms with Gasteiger partial charge < -0.3 is 9.32 Å². The molecule has 2 nitrogen and oxygen atoms in total. The van der Waals surface area contributed by atoms with Gasteiger partial charge in [-0.1, -0.05) is 200 Å². The zero-order valence-corrected chi connectivity index (χ0v) is 33.3. The van der Waals surface area contributed by atoms with Gasteiger partial charge in [-0.05, 0) is 80.3 Å². The lowest BCUT2D eigenvalue weighted by Gasteiger charge is -2.36. The zero-order chi connectivity index (χ0) is 38.9. The van der Waals surface area contributed by atoms with Crippen molar-refractivity contribution < 1.29 is 4.42 Å². The predicted molar refractivity (Wildman–Crippen MR) is 248 cm³/mol. The number of furan rings is 1. The van der Waals surface area contributed by atoms with Crippen molar-refractivity contribution in [3.05, 3.63) is 236 Å². The number of hydrogen-bond acceptors (Lipinski definition) is 2. The first kappa shape index (κ1) is 35.2. The summed E-state index contributed by atoms with van der Waals surface area (Å²) in [5.74, 6) is 0. The Labute approximate surface area is 340 Å². The molecule has 0 aliphatic heterocycles. The first-order valence-electron chi connectivity index (χ1n) is 19.9. The standard InChI is InChI=1S/C55H41NOSi/c1-40-37-45(39-49(38-40)58(46-23-11-4-12-24-46,47-25-13-5-14-26-47)48-27-15-6-16-28-48)56(44-35-33-42(34-36-44)41-19-7-2-8-20-41)53-32-18-31-52-51-30-17-29-50(54(51)57-55(52)53)43-21-9-3-10-22-43/h2-39H,1H3. The van der Waals surface area contributed by atoms with Crippen LogP contribution in [0.1, 0.15) is 5.56 Å². The van der Waals surface area contributed by atoms with E-state index in [1.807, 2.05) is 0 Å². The van der Waals surface area contributed by atoms with Crippen molar-refractivity contribution in [2.45, 2.75) is 6.92 Å². The molecule has 276 valence electrons. The number of nitrogens with zero attached hydrogens (tertiary/aromatic N) is 1. The Morgan fingerprint density at radius 3 is 1.41 bits per heavy atom. The minimum absolute atomic E-state index is 0.855. The van der Waals surface area contributed by atoms with Crippen LogP contribution in [0, 0.1) is 6.92 Å². The van der Waals surface area contributed by atoms with E-state index in [1.165, 1.54) is 37.4 Å². The minimum atomic E-state index is -2.84. The van der Waals surface area contributed by atoms with E-state index in [1.54, 1.807) is 0 Å². The highest BCUT2D eigenvalue weighted by molar-refractivity contribution is 7.20. The third-order valence-electron chi connectivity index (χ3n) is 11.4. The van der Waals surface area contributed by atoms with E-state index in [2.05, 4.69) is 242 Å². The lowest BCUT2D eigenvalue weighted by Crippen LogP contribution is -2.74. The maximum Gasteiger partial charge on any atom is 0.179 e. The molecule has 0 fully saturated rings. The highest BCUT2D eigenvalue weighted by Gasteiger charge is 2.42. The number of anilines is 3. The van der Waals surface area contributed by atoms with Crippen molar-refractivity contribution in [1.29, 1.82) is 0 Å². The van der Waals surface area contributed by atoms with Crippen molar-refractivity contribution in [1.82, 2.24) is 0 Å². The molecule has 0 N–H and O–H groups in total. The summed E-state index contributed by atoms with van der Waals surface area (Å²) in [6.45, 7) is 2.23. The van der Waals surface area contributed by atoms with E-state index in [4.69, 9.17) is 4.42 Å². The Bertz CT molecular complexity index is 2880. The van der Waals surface area contributed by atoms with Crippen LogP contribution in [-0.4, -0.2) is 8.07 Å². The van der Waals surface area contributed by atoms with Crippen LogP contribution in [0.2, 0.25) is 0 Å². The second-order valence-corrected chi connectivity index (χ2v) is 18.8. The molecule has 0 aliphatic carbocycles. The molecule has 0 radical (unpaired) electrons. The van der Waals surface area contributed by atoms with Crippen molar-refractivity contribution in [3.63, 3.8) is 0 Å². The van der Waals surface area contributed by atoms with Crippen LogP contribution in [0.15, 0.2) is 235 Å². The van der Waals surface area contributed by atoms with Gasteiger partial charge >= 0.3 is 0 Å². The van der Waals surface area contributed by atoms with Gasteiger partial charge in [-0.2, -0.15) is 0 Å². The van der Waals surface area contributed by atoms with Gasteiger partial charge in [0.1, 0.15) is 5.58 Å². The summed E-state index contributed by atoms with van der Waals surface area (Å²) in [5, 5.41) is 7.54. The summed E-state index contributed by atoms with van der Waals surface area (Å²) in [5.41, 5.74) is 10.7. The summed E-state index contributed by atoms with van der Waals surface area (Å²) < 4.78 is 7.09. The van der Waals surface area contributed by atoms with Crippen molar-refractivity contribution in [2.24, 2.45) is 0 Å². The maximum atomic E-state index is 7.09. The van der Waals surface area contributed by atoms with Crippen LogP contribution in [0.4, 0.5) is 17.1 Å². The topological polar surface area (TPSA) is 16.4 Å². The normalized spacial score (nSPS) is 11.5. The molecule has 1 aromatic heterocycles. The summed E-state index contributed by atoms with van der Waals surface area (Å²) in [6, 6.07) is 83.8. The molecule has 9 aromatic carbocycles. The molecule has 0 amide bonds. The van der Waals surface area contributed by atoms with E-state index in [0.717, 1.165) is 50.1 Å². The Balaban J connectivity index is 1.25. The quantitative estimate of drug-likeness (QED) is 0.108. The summed E-state index contributed by atoms with van der Waals surface area (Å²) in [4.78, 5) is 2.40. The van der Waals surface area contributed by atoms with Gasteiger partial charge in [0, 0.05) is 27.7 Å². The molecule has 0 atom stereocenters. The Kier molecular flexibility index (Phi) is 9.13. The number of hydrogen-bond donors (Lipinski definition) is 0. The largest absolute Gasteiger partial charge is 0.453 e. The molecule has 3 heteroatoms. The molecule has 10 rings (SSSR count). The molecule has 10 aromatic rings. The number of para-hydroxylation sites is 2. The average Bonchev–Trinajstić information content (AvgIpc) is 3.69. The zero-order valence-electron chi connectivity index (χ0n) is 32.3. The SMILES string of the molecule is Cc1cc(N(c2ccc(-c3ccccc3)cc2)c2cccc3c2oc2c(-c4ccccc4)cccc23)cc([Si](c2ccccc2)(c2ccccc2)c2ccccc2)c1. The van der Waals surface area contributed by atoms with Gasteiger partial charge in [0.15, 0.2) is 13.7 Å². The van der Waals surface area contributed by atoms with Crippen LogP contribution < -0.4 is 25.6 Å². The van der Waals surface area contributed by atoms with Crippen LogP contribution in [0.3, 0.4) is 0 Å². The molecule has 0 spiro atoms. The van der Waals surface area contributed by atoms with Crippen molar-refractivity contribution >= 4 is 67.8 Å². The van der Waals surface area contributed by atoms with Crippen LogP contribution in [0.25, 0.3) is 44.2 Å². The summed E-state index contributed by atoms with van der Waals surface area (Å²) in [7, 11) is -2.84. The highest BCUT2D eigenvalue weighted by atomic mass is 28.3. The van der Waals surface area contributed by atoms with Gasteiger partial charge in [-0.3, -0.25) is 0 Å². The highest BCUT2D eigenvalue weighted by Crippen LogP contribution is 2.44. The Hall–Kier alpha value is -7.20. The summed E-state index contributed by atoms with van der Waals surface area (Å²) >= 11 is 0. The van der Waals surface area contributed by atoms with Crippen LogP contribution in [0.5, 0.6) is 0 Å². The molecule has 0 saturated heterocycles. The van der Waals surface area contributed by atoms with Crippen molar-refractivity contribution in [3.8, 4) is 22.3 Å². The maximum absolute atomic E-state index is 7.09. The molecule has 0 aliphatic rings. The fourth-order valence-electron chi connectivity index (χ4n) is 8.86. The fourth-order valence-corrected chi connectivity index (χ4v) is 13.7. The Morgan fingerprint density at radius 1 is 0.362 bits per heavy atom. The average molecular weight is 760 g/mol. The van der Waals surface area contributed by atoms with E-state index in [0.29, 0.717) is 0 Å². The van der Waals surface area contributed by atoms with E-state index in [9.17, 15) is 0 Å². The van der Waals surface area contributed by atoms with Crippen LogP contribution in [-0.2, 0) is 0 Å². The lowest BCUT2D eigenvalue weighted by molar-refractivity contribution is 0.670. The van der Waals surface area contributed by atoms with Gasteiger partial charge in [-0.25, -0.2) is 0 Å². The van der Waals surface area contributed by atoms with Gasteiger partial charge in [0.05, 0.1) is 5.69 Å². The second kappa shape index (κ2) is 15.0. The molecule has 0 bridgehead atoms. The smallest absolute Gasteiger partial charge is 0.179 e. The number of benzene rings is 9. The number of rotatable bonds is 9. The predicted octanol–water partition coefficient (Wildman–Crippen LogP) is 12.1. The molecule has 0 saturated carbocycles. The number of aryl methyl sites for hydroxylation is 1. The molecular formula is C55H41NOSi. The first-order chi connectivity index (χ1) is 28.7. The van der Waals surface area contributed by atoms with E-state index >= 15 is 0 Å². The first-order valence-corrected chi connectivity index (χ1v) is 21.9. The van der Waals surface area contributed by atoms with E-state index < -0.39 is 8.07 Å². The molecular weight excluding hydrogens is 719 g/mol. The monoisotopic (exact) mass is 759 g/mol. The molecule has 58 heavy (non-hydrogen) atoms. The molecule has 0 unspecified atom stereocenters. The Morgan fingerprint density at radius 2 is 0.845 bits per heavy atom. The molecule has 1 heterocycles. The second-order valence-electron chi connectivity index (χ2n) is 15.0. The van der Waals surface area contributed by atoms with Gasteiger partial charge in [0.2, 0.25) is 0 Å². The van der Waals surface area contributed by atoms with E-state index in [-0.39, 0.29) is 0 Å². The van der Waals surface area contributed by atoms with Gasteiger partial charge in [0.25, 0.3) is 0 Å². The van der Waals surface area contributed by atoms with Crippen molar-refractivity contribution in [2.75, 3.05) is 4.90 Å². The lowest BCUT2D eigenvalue weighted by atomic mass is 10.0. The van der Waals surface area contributed by atoms with Crippen LogP contribution >= 0.6 is 0 Å². The summed E-state index contributed by atoms with van der Waals surface area (Å²) in [6.07, 6.45) is 0. The number of fused-ring (bicyclic) bond motifs is 3. The third kappa shape index (κ3) is 6.14.